The normalized spacial score (nSPS) is 16.4. The molecule has 8 heteroatoms. The van der Waals surface area contributed by atoms with Crippen LogP contribution in [-0.4, -0.2) is 26.9 Å². The number of carbonyl (C=O) groups excluding carboxylic acids is 1. The number of thiazole rings is 1. The summed E-state index contributed by atoms with van der Waals surface area (Å²) < 4.78 is 9.15. The van der Waals surface area contributed by atoms with Crippen LogP contribution in [0.3, 0.4) is 0 Å². The largest absolute Gasteiger partial charge is 0.463 e. The van der Waals surface area contributed by atoms with Crippen LogP contribution in [0.5, 0.6) is 0 Å². The Labute approximate surface area is 177 Å². The van der Waals surface area contributed by atoms with Crippen molar-refractivity contribution >= 4 is 23.4 Å². The molecule has 0 aliphatic carbocycles. The number of aromatic nitrogens is 3. The third-order valence-electron chi connectivity index (χ3n) is 4.97. The van der Waals surface area contributed by atoms with Gasteiger partial charge in [0.25, 0.3) is 5.56 Å². The summed E-state index contributed by atoms with van der Waals surface area (Å²) in [5.41, 5.74) is 3.31. The number of rotatable bonds is 4. The first-order valence-electron chi connectivity index (χ1n) is 9.65. The smallest absolute Gasteiger partial charge is 0.338 e. The Morgan fingerprint density at radius 2 is 2.00 bits per heavy atom. The summed E-state index contributed by atoms with van der Waals surface area (Å²) in [5, 5.41) is 4.34. The number of benzene rings is 1. The van der Waals surface area contributed by atoms with Gasteiger partial charge in [-0.1, -0.05) is 41.7 Å². The summed E-state index contributed by atoms with van der Waals surface area (Å²) in [7, 11) is 1.84. The van der Waals surface area contributed by atoms with Crippen LogP contribution in [0.15, 0.2) is 57.6 Å². The van der Waals surface area contributed by atoms with Crippen molar-refractivity contribution in [1.82, 2.24) is 14.3 Å². The predicted octanol–water partition coefficient (Wildman–Crippen LogP) is 1.84. The van der Waals surface area contributed by atoms with Gasteiger partial charge >= 0.3 is 5.97 Å². The number of hydrogen-bond acceptors (Lipinski definition) is 6. The lowest BCUT2D eigenvalue weighted by Gasteiger charge is -2.24. The van der Waals surface area contributed by atoms with Crippen molar-refractivity contribution in [3.05, 3.63) is 84.3 Å². The van der Waals surface area contributed by atoms with Gasteiger partial charge in [0.1, 0.15) is 0 Å². The van der Waals surface area contributed by atoms with Crippen LogP contribution in [0.1, 0.15) is 36.7 Å². The van der Waals surface area contributed by atoms with Gasteiger partial charge in [0.05, 0.1) is 34.1 Å². The van der Waals surface area contributed by atoms with E-state index in [0.717, 1.165) is 16.8 Å². The topological polar surface area (TPSA) is 78.5 Å². The van der Waals surface area contributed by atoms with Crippen LogP contribution in [0.4, 0.5) is 0 Å². The second-order valence-corrected chi connectivity index (χ2v) is 8.07. The first-order chi connectivity index (χ1) is 14.4. The first-order valence-corrected chi connectivity index (χ1v) is 10.5. The molecule has 0 spiro atoms. The standard InChI is InChI=1S/C22H22N4O3S/c1-5-29-21(28)18-14(3)23-22-26(19(18)15-9-7-6-8-10-15)20(27)17(30-22)11-16-12-25(4)24-13(16)2/h6-12,19H,5H2,1-4H3/b17-11+. The Bertz CT molecular complexity index is 1330. The van der Waals surface area contributed by atoms with Gasteiger partial charge in [-0.2, -0.15) is 5.10 Å². The summed E-state index contributed by atoms with van der Waals surface area (Å²) in [6.07, 6.45) is 3.70. The number of ether oxygens (including phenoxy) is 1. The highest BCUT2D eigenvalue weighted by atomic mass is 32.1. The maximum Gasteiger partial charge on any atom is 0.338 e. The van der Waals surface area contributed by atoms with Gasteiger partial charge in [-0.25, -0.2) is 9.79 Å². The van der Waals surface area contributed by atoms with Crippen LogP contribution >= 0.6 is 11.3 Å². The highest BCUT2D eigenvalue weighted by molar-refractivity contribution is 7.07. The minimum absolute atomic E-state index is 0.190. The van der Waals surface area contributed by atoms with Crippen molar-refractivity contribution in [3.63, 3.8) is 0 Å². The molecule has 1 aromatic carbocycles. The van der Waals surface area contributed by atoms with Crippen molar-refractivity contribution in [2.45, 2.75) is 26.8 Å². The molecule has 7 nitrogen and oxygen atoms in total. The molecule has 3 heterocycles. The van der Waals surface area contributed by atoms with Gasteiger partial charge in [0.2, 0.25) is 0 Å². The maximum atomic E-state index is 13.4. The Hall–Kier alpha value is -3.26. The molecule has 1 aliphatic heterocycles. The van der Waals surface area contributed by atoms with E-state index < -0.39 is 12.0 Å². The highest BCUT2D eigenvalue weighted by Crippen LogP contribution is 2.30. The van der Waals surface area contributed by atoms with E-state index in [1.807, 2.05) is 56.6 Å². The molecule has 0 radical (unpaired) electrons. The molecule has 1 atom stereocenters. The average Bonchev–Trinajstić information content (AvgIpc) is 3.19. The van der Waals surface area contributed by atoms with E-state index >= 15 is 0 Å². The summed E-state index contributed by atoms with van der Waals surface area (Å²) in [5.74, 6) is -0.454. The second kappa shape index (κ2) is 7.87. The van der Waals surface area contributed by atoms with Crippen LogP contribution in [-0.2, 0) is 16.6 Å². The van der Waals surface area contributed by atoms with Gasteiger partial charge < -0.3 is 4.74 Å². The molecule has 0 N–H and O–H groups in total. The van der Waals surface area contributed by atoms with Crippen LogP contribution < -0.4 is 14.9 Å². The number of fused-ring (bicyclic) bond motifs is 1. The monoisotopic (exact) mass is 422 g/mol. The van der Waals surface area contributed by atoms with Crippen molar-refractivity contribution in [2.75, 3.05) is 6.61 Å². The number of hydrogen-bond donors (Lipinski definition) is 0. The zero-order valence-electron chi connectivity index (χ0n) is 17.2. The van der Waals surface area contributed by atoms with Crippen molar-refractivity contribution < 1.29 is 9.53 Å². The van der Waals surface area contributed by atoms with E-state index in [0.29, 0.717) is 20.6 Å². The first kappa shape index (κ1) is 20.0. The number of nitrogens with zero attached hydrogens (tertiary/aromatic N) is 4. The molecule has 3 aromatic rings. The maximum absolute atomic E-state index is 13.4. The summed E-state index contributed by atoms with van der Waals surface area (Å²) in [4.78, 5) is 31.4. The molecule has 0 fully saturated rings. The highest BCUT2D eigenvalue weighted by Gasteiger charge is 2.33. The fourth-order valence-corrected chi connectivity index (χ4v) is 4.68. The van der Waals surface area contributed by atoms with Crippen molar-refractivity contribution in [1.29, 1.82) is 0 Å². The lowest BCUT2D eigenvalue weighted by molar-refractivity contribution is -0.139. The van der Waals surface area contributed by atoms with E-state index in [2.05, 4.69) is 10.1 Å². The van der Waals surface area contributed by atoms with E-state index in [9.17, 15) is 9.59 Å². The number of aryl methyl sites for hydroxylation is 2. The molecule has 1 unspecified atom stereocenters. The van der Waals surface area contributed by atoms with Crippen molar-refractivity contribution in [2.24, 2.45) is 12.0 Å². The predicted molar refractivity (Wildman–Crippen MR) is 115 cm³/mol. The number of esters is 1. The molecular formula is C22H22N4O3S. The molecule has 0 amide bonds. The zero-order valence-corrected chi connectivity index (χ0v) is 18.1. The van der Waals surface area contributed by atoms with Crippen LogP contribution in [0.2, 0.25) is 0 Å². The molecule has 2 aromatic heterocycles. The van der Waals surface area contributed by atoms with Gasteiger partial charge in [-0.15, -0.1) is 0 Å². The van der Waals surface area contributed by atoms with Crippen molar-refractivity contribution in [3.8, 4) is 0 Å². The molecular weight excluding hydrogens is 400 g/mol. The van der Waals surface area contributed by atoms with E-state index in [1.54, 1.807) is 23.1 Å². The third kappa shape index (κ3) is 3.43. The SMILES string of the molecule is CCOC(=O)C1=C(C)N=c2s/c(=C/c3cn(C)nc3C)c(=O)n2C1c1ccccc1. The zero-order chi connectivity index (χ0) is 21.4. The van der Waals surface area contributed by atoms with E-state index in [4.69, 9.17) is 4.74 Å². The minimum atomic E-state index is -0.585. The summed E-state index contributed by atoms with van der Waals surface area (Å²) >= 11 is 1.31. The molecule has 4 rings (SSSR count). The van der Waals surface area contributed by atoms with Crippen LogP contribution in [0.25, 0.3) is 6.08 Å². The molecule has 0 bridgehead atoms. The molecule has 30 heavy (non-hydrogen) atoms. The van der Waals surface area contributed by atoms with Gasteiger partial charge in [0.15, 0.2) is 4.80 Å². The lowest BCUT2D eigenvalue weighted by atomic mass is 9.96. The molecule has 154 valence electrons. The Balaban J connectivity index is 1.97. The summed E-state index contributed by atoms with van der Waals surface area (Å²) in [6.45, 7) is 5.70. The molecule has 1 aliphatic rings. The minimum Gasteiger partial charge on any atom is -0.463 e. The fraction of sp³-hybridized carbons (Fsp3) is 0.273. The Morgan fingerprint density at radius 3 is 2.63 bits per heavy atom. The fourth-order valence-electron chi connectivity index (χ4n) is 3.64. The Kier molecular flexibility index (Phi) is 5.26. The number of allylic oxidation sites excluding steroid dienone is 1. The van der Waals surface area contributed by atoms with E-state index in [-0.39, 0.29) is 12.2 Å². The second-order valence-electron chi connectivity index (χ2n) is 7.06. The third-order valence-corrected chi connectivity index (χ3v) is 5.95. The lowest BCUT2D eigenvalue weighted by Crippen LogP contribution is -2.39. The van der Waals surface area contributed by atoms with Gasteiger partial charge in [0, 0.05) is 18.8 Å². The summed E-state index contributed by atoms with van der Waals surface area (Å²) in [6, 6.07) is 8.92. The average molecular weight is 423 g/mol. The molecule has 0 saturated carbocycles. The quantitative estimate of drug-likeness (QED) is 0.601. The molecule has 0 saturated heterocycles. The number of carbonyl (C=O) groups is 1. The van der Waals surface area contributed by atoms with Gasteiger partial charge in [-0.05, 0) is 32.4 Å². The van der Waals surface area contributed by atoms with Gasteiger partial charge in [-0.3, -0.25) is 14.0 Å². The van der Waals surface area contributed by atoms with Crippen LogP contribution in [0, 0.1) is 6.92 Å². The van der Waals surface area contributed by atoms with E-state index in [1.165, 1.54) is 11.3 Å². The Morgan fingerprint density at radius 1 is 1.27 bits per heavy atom.